The Kier molecular flexibility index (Phi) is 3.57. The molecule has 1 fully saturated rings. The molecule has 1 amide bonds. The smallest absolute Gasteiger partial charge is 0.388 e. The molecule has 0 radical (unpaired) electrons. The number of nitrogens with zero attached hydrogens (tertiary/aromatic N) is 1. The molecule has 9 heteroatoms. The van der Waals surface area contributed by atoms with E-state index in [2.05, 4.69) is 0 Å². The molecule has 2 heterocycles. The molecule has 0 saturated carbocycles. The van der Waals surface area contributed by atoms with E-state index in [1.807, 2.05) is 0 Å². The lowest BCUT2D eigenvalue weighted by Crippen LogP contribution is -2.34. The largest absolute Gasteiger partial charge is 0.431 e. The Bertz CT molecular complexity index is 574. The summed E-state index contributed by atoms with van der Waals surface area (Å²) in [6, 6.07) is 1.37. The molecular formula is C11H11F3N2O4. The maximum Gasteiger partial charge on any atom is 0.431 e. The molecule has 0 spiro atoms. The molecule has 0 aliphatic carbocycles. The molecular weight excluding hydrogens is 281 g/mol. The van der Waals surface area contributed by atoms with Crippen LogP contribution in [-0.4, -0.2) is 51.3 Å². The number of pyridine rings is 1. The fraction of sp³-hybridized carbons (Fsp3) is 0.455. The van der Waals surface area contributed by atoms with Crippen molar-refractivity contribution < 1.29 is 28.2 Å². The molecule has 1 saturated heterocycles. The first kappa shape index (κ1) is 14.5. The van der Waals surface area contributed by atoms with Gasteiger partial charge in [-0.25, -0.2) is 0 Å². The lowest BCUT2D eigenvalue weighted by molar-refractivity contribution is -0.141. The van der Waals surface area contributed by atoms with E-state index in [0.717, 1.165) is 11.0 Å². The van der Waals surface area contributed by atoms with Crippen LogP contribution in [0.5, 0.6) is 0 Å². The minimum absolute atomic E-state index is 0.180. The van der Waals surface area contributed by atoms with Gasteiger partial charge in [0.05, 0.1) is 12.2 Å². The Morgan fingerprint density at radius 3 is 2.25 bits per heavy atom. The van der Waals surface area contributed by atoms with Crippen molar-refractivity contribution in [2.75, 3.05) is 13.1 Å². The molecule has 1 aliphatic rings. The Hall–Kier alpha value is -1.87. The summed E-state index contributed by atoms with van der Waals surface area (Å²) in [5.41, 5.74) is -2.89. The van der Waals surface area contributed by atoms with Gasteiger partial charge in [-0.05, 0) is 12.1 Å². The number of carbonyl (C=O) groups excluding carboxylic acids is 1. The molecule has 20 heavy (non-hydrogen) atoms. The molecule has 3 N–H and O–H groups in total. The van der Waals surface area contributed by atoms with Crippen molar-refractivity contribution in [3.8, 4) is 0 Å². The highest BCUT2D eigenvalue weighted by atomic mass is 19.4. The number of aliphatic hydroxyl groups is 2. The zero-order chi connectivity index (χ0) is 15.1. The van der Waals surface area contributed by atoms with Crippen molar-refractivity contribution in [1.82, 2.24) is 9.88 Å². The molecule has 1 aromatic rings. The SMILES string of the molecule is O=C(c1ccc(C(F)(F)F)[nH]c1=O)N1CC(O)C(O)C1. The van der Waals surface area contributed by atoms with Gasteiger partial charge in [0, 0.05) is 13.1 Å². The number of halogens is 3. The molecule has 1 aromatic heterocycles. The molecule has 1 aliphatic heterocycles. The maximum absolute atomic E-state index is 12.4. The standard InChI is InChI=1S/C11H11F3N2O4/c12-11(13,14)8-2-1-5(9(19)15-8)10(20)16-3-6(17)7(18)4-16/h1-2,6-7,17-18H,3-4H2,(H,15,19). The minimum atomic E-state index is -4.71. The third kappa shape index (κ3) is 2.68. The van der Waals surface area contributed by atoms with Crippen molar-refractivity contribution in [3.05, 3.63) is 33.7 Å². The average molecular weight is 292 g/mol. The number of carbonyl (C=O) groups is 1. The molecule has 2 unspecified atom stereocenters. The lowest BCUT2D eigenvalue weighted by Gasteiger charge is -2.15. The number of aliphatic hydroxyl groups excluding tert-OH is 2. The van der Waals surface area contributed by atoms with Gasteiger partial charge in [-0.15, -0.1) is 0 Å². The summed E-state index contributed by atoms with van der Waals surface area (Å²) in [6.45, 7) is -0.360. The van der Waals surface area contributed by atoms with Gasteiger partial charge in [0.1, 0.15) is 11.3 Å². The molecule has 2 atom stereocenters. The zero-order valence-electron chi connectivity index (χ0n) is 10.0. The predicted molar refractivity (Wildman–Crippen MR) is 60.0 cm³/mol. The Labute approximate surface area is 110 Å². The quantitative estimate of drug-likeness (QED) is 0.655. The van der Waals surface area contributed by atoms with Crippen LogP contribution in [-0.2, 0) is 6.18 Å². The second kappa shape index (κ2) is 4.91. The summed E-state index contributed by atoms with van der Waals surface area (Å²) >= 11 is 0. The van der Waals surface area contributed by atoms with Gasteiger partial charge in [0.2, 0.25) is 0 Å². The van der Waals surface area contributed by atoms with Crippen LogP contribution in [0.25, 0.3) is 0 Å². The number of likely N-dealkylation sites (tertiary alicyclic amines) is 1. The second-order valence-electron chi connectivity index (χ2n) is 4.46. The van der Waals surface area contributed by atoms with E-state index in [1.165, 1.54) is 0 Å². The third-order valence-corrected chi connectivity index (χ3v) is 2.99. The van der Waals surface area contributed by atoms with Crippen molar-refractivity contribution in [1.29, 1.82) is 0 Å². The fourth-order valence-corrected chi connectivity index (χ4v) is 1.91. The Morgan fingerprint density at radius 2 is 1.80 bits per heavy atom. The number of alkyl halides is 3. The monoisotopic (exact) mass is 292 g/mol. The summed E-state index contributed by atoms with van der Waals surface area (Å²) in [7, 11) is 0. The molecule has 2 rings (SSSR count). The number of aromatic nitrogens is 1. The van der Waals surface area contributed by atoms with E-state index >= 15 is 0 Å². The van der Waals surface area contributed by atoms with E-state index in [9.17, 15) is 33.0 Å². The first-order chi connectivity index (χ1) is 9.20. The predicted octanol–water partition coefficient (Wildman–Crippen LogP) is -0.429. The molecule has 110 valence electrons. The van der Waals surface area contributed by atoms with E-state index in [0.29, 0.717) is 6.07 Å². The van der Waals surface area contributed by atoms with E-state index in [1.54, 1.807) is 4.98 Å². The second-order valence-corrected chi connectivity index (χ2v) is 4.46. The summed E-state index contributed by atoms with van der Waals surface area (Å²) < 4.78 is 37.1. The summed E-state index contributed by atoms with van der Waals surface area (Å²) in [6.07, 6.45) is -6.97. The van der Waals surface area contributed by atoms with Crippen molar-refractivity contribution in [3.63, 3.8) is 0 Å². The molecule has 0 bridgehead atoms. The lowest BCUT2D eigenvalue weighted by atomic mass is 10.2. The van der Waals surface area contributed by atoms with Gasteiger partial charge < -0.3 is 20.1 Å². The highest BCUT2D eigenvalue weighted by molar-refractivity contribution is 5.94. The Morgan fingerprint density at radius 1 is 1.25 bits per heavy atom. The van der Waals surface area contributed by atoms with Crippen LogP contribution in [0.3, 0.4) is 0 Å². The van der Waals surface area contributed by atoms with Gasteiger partial charge in [0.15, 0.2) is 0 Å². The first-order valence-corrected chi connectivity index (χ1v) is 5.66. The minimum Gasteiger partial charge on any atom is -0.388 e. The summed E-state index contributed by atoms with van der Waals surface area (Å²) in [5, 5.41) is 18.6. The van der Waals surface area contributed by atoms with Gasteiger partial charge in [-0.1, -0.05) is 0 Å². The van der Waals surface area contributed by atoms with Crippen molar-refractivity contribution in [2.45, 2.75) is 18.4 Å². The number of H-pyrrole nitrogens is 1. The number of hydrogen-bond donors (Lipinski definition) is 3. The van der Waals surface area contributed by atoms with Gasteiger partial charge in [-0.3, -0.25) is 9.59 Å². The van der Waals surface area contributed by atoms with Crippen LogP contribution in [0.2, 0.25) is 0 Å². The topological polar surface area (TPSA) is 93.6 Å². The van der Waals surface area contributed by atoms with Gasteiger partial charge in [-0.2, -0.15) is 13.2 Å². The first-order valence-electron chi connectivity index (χ1n) is 5.66. The number of rotatable bonds is 1. The van der Waals surface area contributed by atoms with E-state index in [4.69, 9.17) is 0 Å². The van der Waals surface area contributed by atoms with Crippen LogP contribution in [0.15, 0.2) is 16.9 Å². The highest BCUT2D eigenvalue weighted by Gasteiger charge is 2.35. The van der Waals surface area contributed by atoms with E-state index < -0.39 is 41.1 Å². The maximum atomic E-state index is 12.4. The average Bonchev–Trinajstić information content (AvgIpc) is 2.67. The number of aromatic amines is 1. The van der Waals surface area contributed by atoms with Crippen LogP contribution in [0, 0.1) is 0 Å². The summed E-state index contributed by atoms with van der Waals surface area (Å²) in [4.78, 5) is 26.0. The fourth-order valence-electron chi connectivity index (χ4n) is 1.91. The van der Waals surface area contributed by atoms with Crippen molar-refractivity contribution in [2.24, 2.45) is 0 Å². The number of nitrogens with one attached hydrogen (secondary N) is 1. The van der Waals surface area contributed by atoms with Crippen molar-refractivity contribution >= 4 is 5.91 Å². The van der Waals surface area contributed by atoms with Gasteiger partial charge >= 0.3 is 6.18 Å². The van der Waals surface area contributed by atoms with E-state index in [-0.39, 0.29) is 13.1 Å². The third-order valence-electron chi connectivity index (χ3n) is 2.99. The van der Waals surface area contributed by atoms with Crippen LogP contribution < -0.4 is 5.56 Å². The number of hydrogen-bond acceptors (Lipinski definition) is 4. The molecule has 0 aromatic carbocycles. The molecule has 6 nitrogen and oxygen atoms in total. The number of β-amino-alcohol motifs (C(OH)–C–C–N with tert-alkyl or cyclic N) is 2. The van der Waals surface area contributed by atoms with Crippen LogP contribution >= 0.6 is 0 Å². The highest BCUT2D eigenvalue weighted by Crippen LogP contribution is 2.26. The normalized spacial score (nSPS) is 23.1. The zero-order valence-corrected chi connectivity index (χ0v) is 10.0. The van der Waals surface area contributed by atoms with Crippen LogP contribution in [0.1, 0.15) is 16.1 Å². The van der Waals surface area contributed by atoms with Gasteiger partial charge in [0.25, 0.3) is 11.5 Å². The Balaban J connectivity index is 2.26. The number of amides is 1. The summed E-state index contributed by atoms with van der Waals surface area (Å²) in [5.74, 6) is -0.837. The van der Waals surface area contributed by atoms with Crippen LogP contribution in [0.4, 0.5) is 13.2 Å².